The van der Waals surface area contributed by atoms with Crippen LogP contribution in [0.5, 0.6) is 0 Å². The van der Waals surface area contributed by atoms with Crippen LogP contribution in [0.1, 0.15) is 41.2 Å². The lowest BCUT2D eigenvalue weighted by Gasteiger charge is -2.10. The summed E-state index contributed by atoms with van der Waals surface area (Å²) in [5.74, 6) is -0.0429. The van der Waals surface area contributed by atoms with E-state index >= 15 is 0 Å². The molecule has 0 amide bonds. The Balaban J connectivity index is 2.57. The SMILES string of the molecule is CCOC(=NN(c1ccccc1)[N+](=O)[O-])c1[nH]c(C)c(C(C)=O)c1C. The predicted octanol–water partition coefficient (Wildman–Crippen LogP) is 3.23. The number of aryl methyl sites for hydroxylation is 1. The van der Waals surface area contributed by atoms with E-state index in [1.54, 1.807) is 51.1 Å². The van der Waals surface area contributed by atoms with E-state index in [9.17, 15) is 14.9 Å². The van der Waals surface area contributed by atoms with Gasteiger partial charge in [-0.1, -0.05) is 18.2 Å². The second kappa shape index (κ2) is 7.61. The summed E-state index contributed by atoms with van der Waals surface area (Å²) in [6, 6.07) is 8.26. The molecule has 2 aromatic rings. The molecule has 0 aliphatic carbocycles. The van der Waals surface area contributed by atoms with Crippen LogP contribution >= 0.6 is 0 Å². The summed E-state index contributed by atoms with van der Waals surface area (Å²) in [7, 11) is 0. The number of hydrazine groups is 1. The van der Waals surface area contributed by atoms with E-state index in [2.05, 4.69) is 10.1 Å². The summed E-state index contributed by atoms with van der Waals surface area (Å²) >= 11 is 0. The van der Waals surface area contributed by atoms with Gasteiger partial charge in [-0.15, -0.1) is 0 Å². The van der Waals surface area contributed by atoms with Gasteiger partial charge in [0.05, 0.1) is 16.7 Å². The summed E-state index contributed by atoms with van der Waals surface area (Å²) in [6.07, 6.45) is 0. The van der Waals surface area contributed by atoms with E-state index in [0.29, 0.717) is 27.6 Å². The number of nitrogens with zero attached hydrogens (tertiary/aromatic N) is 3. The predicted molar refractivity (Wildman–Crippen MR) is 94.3 cm³/mol. The van der Waals surface area contributed by atoms with Crippen LogP contribution in [0.15, 0.2) is 35.4 Å². The Morgan fingerprint density at radius 2 is 1.96 bits per heavy atom. The highest BCUT2D eigenvalue weighted by molar-refractivity contribution is 6.02. The second-order valence-corrected chi connectivity index (χ2v) is 5.38. The zero-order valence-corrected chi connectivity index (χ0v) is 14.6. The van der Waals surface area contributed by atoms with E-state index in [1.807, 2.05) is 0 Å². The molecule has 0 bridgehead atoms. The third-order valence-electron chi connectivity index (χ3n) is 3.61. The lowest BCUT2D eigenvalue weighted by Crippen LogP contribution is -2.27. The fraction of sp³-hybridized carbons (Fsp3) is 0.294. The van der Waals surface area contributed by atoms with Crippen molar-refractivity contribution in [3.05, 3.63) is 63.0 Å². The van der Waals surface area contributed by atoms with Crippen LogP contribution in [0.3, 0.4) is 0 Å². The molecule has 2 rings (SSSR count). The lowest BCUT2D eigenvalue weighted by atomic mass is 10.1. The summed E-state index contributed by atoms with van der Waals surface area (Å²) < 4.78 is 5.52. The van der Waals surface area contributed by atoms with Crippen molar-refractivity contribution in [2.45, 2.75) is 27.7 Å². The first-order chi connectivity index (χ1) is 11.9. The molecule has 1 aromatic carbocycles. The average molecular weight is 344 g/mol. The molecule has 0 saturated heterocycles. The van der Waals surface area contributed by atoms with Gasteiger partial charge < -0.3 is 19.8 Å². The Hall–Kier alpha value is -3.16. The first-order valence-electron chi connectivity index (χ1n) is 7.78. The van der Waals surface area contributed by atoms with Gasteiger partial charge >= 0.3 is 5.90 Å². The Kier molecular flexibility index (Phi) is 5.53. The minimum absolute atomic E-state index is 0.0520. The molecule has 25 heavy (non-hydrogen) atoms. The number of hydrogen-bond acceptors (Lipinski definition) is 5. The average Bonchev–Trinajstić information content (AvgIpc) is 2.86. The normalized spacial score (nSPS) is 11.3. The van der Waals surface area contributed by atoms with Crippen molar-refractivity contribution >= 4 is 17.4 Å². The van der Waals surface area contributed by atoms with Crippen LogP contribution in [-0.4, -0.2) is 28.3 Å². The molecule has 0 radical (unpaired) electrons. The highest BCUT2D eigenvalue weighted by Crippen LogP contribution is 2.21. The maximum atomic E-state index is 11.8. The van der Waals surface area contributed by atoms with Gasteiger partial charge in [0.2, 0.25) is 0 Å². The minimum Gasteiger partial charge on any atom is -0.457 e. The number of hydrazone groups is 1. The third kappa shape index (κ3) is 3.85. The number of anilines is 1. The Morgan fingerprint density at radius 3 is 2.44 bits per heavy atom. The van der Waals surface area contributed by atoms with E-state index in [1.165, 1.54) is 6.92 Å². The first kappa shape index (κ1) is 18.2. The van der Waals surface area contributed by atoms with Gasteiger partial charge in [0.25, 0.3) is 0 Å². The summed E-state index contributed by atoms with van der Waals surface area (Å²) in [6.45, 7) is 7.01. The van der Waals surface area contributed by atoms with Crippen molar-refractivity contribution in [2.75, 3.05) is 11.7 Å². The molecule has 0 atom stereocenters. The molecular weight excluding hydrogens is 324 g/mol. The zero-order valence-electron chi connectivity index (χ0n) is 14.6. The van der Waals surface area contributed by atoms with Gasteiger partial charge in [-0.05, 0) is 45.4 Å². The number of H-pyrrole nitrogens is 1. The molecule has 132 valence electrons. The molecule has 0 saturated carbocycles. The number of nitro groups is 1. The van der Waals surface area contributed by atoms with Gasteiger partial charge in [-0.2, -0.15) is 0 Å². The number of aromatic nitrogens is 1. The highest BCUT2D eigenvalue weighted by Gasteiger charge is 2.26. The standard InChI is InChI=1S/C17H20N4O4/c1-5-25-17(16-11(2)15(13(4)22)12(3)18-16)19-20(21(23)24)14-9-7-6-8-10-14/h6-10,18H,5H2,1-4H3. The van der Waals surface area contributed by atoms with Crippen molar-refractivity contribution in [3.63, 3.8) is 0 Å². The van der Waals surface area contributed by atoms with Crippen molar-refractivity contribution in [1.82, 2.24) is 4.98 Å². The quantitative estimate of drug-likeness (QED) is 0.285. The van der Waals surface area contributed by atoms with E-state index in [4.69, 9.17) is 4.74 Å². The third-order valence-corrected chi connectivity index (χ3v) is 3.61. The maximum Gasteiger partial charge on any atom is 0.378 e. The number of aromatic amines is 1. The summed E-state index contributed by atoms with van der Waals surface area (Å²) in [5, 5.41) is 15.5. The smallest absolute Gasteiger partial charge is 0.378 e. The number of para-hydroxylation sites is 1. The number of carbonyl (C=O) groups is 1. The summed E-state index contributed by atoms with van der Waals surface area (Å²) in [4.78, 5) is 26.3. The van der Waals surface area contributed by atoms with Crippen LogP contribution in [0.25, 0.3) is 0 Å². The number of rotatable bonds is 6. The van der Waals surface area contributed by atoms with Gasteiger partial charge in [0.1, 0.15) is 11.4 Å². The van der Waals surface area contributed by atoms with E-state index < -0.39 is 5.03 Å². The first-order valence-corrected chi connectivity index (χ1v) is 7.78. The maximum absolute atomic E-state index is 11.8. The van der Waals surface area contributed by atoms with Crippen molar-refractivity contribution in [2.24, 2.45) is 5.10 Å². The number of carbonyl (C=O) groups excluding carboxylic acids is 1. The van der Waals surface area contributed by atoms with Crippen molar-refractivity contribution in [3.8, 4) is 0 Å². The van der Waals surface area contributed by atoms with Crippen LogP contribution < -0.4 is 5.12 Å². The van der Waals surface area contributed by atoms with Crippen LogP contribution in [-0.2, 0) is 4.74 Å². The second-order valence-electron chi connectivity index (χ2n) is 5.38. The molecule has 0 aliphatic rings. The van der Waals surface area contributed by atoms with Gasteiger partial charge in [0.15, 0.2) is 5.78 Å². The van der Waals surface area contributed by atoms with E-state index in [0.717, 1.165) is 0 Å². The number of ketones is 1. The largest absolute Gasteiger partial charge is 0.457 e. The molecule has 1 N–H and O–H groups in total. The number of benzene rings is 1. The molecule has 1 heterocycles. The highest BCUT2D eigenvalue weighted by atomic mass is 16.7. The lowest BCUT2D eigenvalue weighted by molar-refractivity contribution is -0.495. The number of Topliss-reactive ketones (excluding diaryl/α,β-unsaturated/α-hetero) is 1. The molecular formula is C17H20N4O4. The molecule has 0 unspecified atom stereocenters. The van der Waals surface area contributed by atoms with Gasteiger partial charge in [-0.25, -0.2) is 0 Å². The Labute approximate surface area is 145 Å². The van der Waals surface area contributed by atoms with Gasteiger partial charge in [-0.3, -0.25) is 4.79 Å². The van der Waals surface area contributed by atoms with Crippen LogP contribution in [0.2, 0.25) is 0 Å². The molecule has 0 fully saturated rings. The topological polar surface area (TPSA) is 101 Å². The number of nitrogens with one attached hydrogen (secondary N) is 1. The van der Waals surface area contributed by atoms with Crippen molar-refractivity contribution < 1.29 is 14.6 Å². The summed E-state index contributed by atoms with van der Waals surface area (Å²) in [5.41, 5.74) is 2.59. The Bertz CT molecular complexity index is 812. The van der Waals surface area contributed by atoms with Gasteiger partial charge in [0, 0.05) is 16.4 Å². The van der Waals surface area contributed by atoms with Crippen LogP contribution in [0.4, 0.5) is 5.69 Å². The molecule has 8 heteroatoms. The van der Waals surface area contributed by atoms with Crippen LogP contribution in [0, 0.1) is 24.0 Å². The van der Waals surface area contributed by atoms with E-state index in [-0.39, 0.29) is 24.0 Å². The molecule has 0 aliphatic heterocycles. The minimum atomic E-state index is -0.634. The number of ether oxygens (including phenoxy) is 1. The molecule has 1 aromatic heterocycles. The van der Waals surface area contributed by atoms with Crippen molar-refractivity contribution in [1.29, 1.82) is 0 Å². The monoisotopic (exact) mass is 344 g/mol. The number of hydrogen-bond donors (Lipinski definition) is 1. The fourth-order valence-corrected chi connectivity index (χ4v) is 2.62. The molecule has 8 nitrogen and oxygen atoms in total. The fourth-order valence-electron chi connectivity index (χ4n) is 2.62. The Morgan fingerprint density at radius 1 is 1.32 bits per heavy atom. The zero-order chi connectivity index (χ0) is 18.6. The molecule has 0 spiro atoms.